The lowest BCUT2D eigenvalue weighted by Crippen LogP contribution is -2.57. The van der Waals surface area contributed by atoms with Gasteiger partial charge in [-0.25, -0.2) is 0 Å². The highest BCUT2D eigenvalue weighted by Gasteiger charge is 2.41. The van der Waals surface area contributed by atoms with Crippen LogP contribution in [0.2, 0.25) is 5.02 Å². The van der Waals surface area contributed by atoms with Crippen molar-refractivity contribution in [2.24, 2.45) is 0 Å². The molecule has 172 valence electrons. The third-order valence-corrected chi connectivity index (χ3v) is 6.24. The molecule has 3 aromatic carbocycles. The van der Waals surface area contributed by atoms with Gasteiger partial charge in [-0.05, 0) is 92.2 Å². The van der Waals surface area contributed by atoms with E-state index in [1.54, 1.807) is 30.3 Å². The summed E-state index contributed by atoms with van der Waals surface area (Å²) in [6.45, 7) is 6.31. The van der Waals surface area contributed by atoms with E-state index >= 15 is 0 Å². The first kappa shape index (κ1) is 23.7. The number of hydrogen-bond acceptors (Lipinski definition) is 4. The molecular formula is C27H23ClN2O3S. The molecule has 1 aliphatic rings. The molecule has 2 amide bonds. The number of aryl methyl sites for hydroxylation is 2. The average molecular weight is 491 g/mol. The molecule has 4 rings (SSSR count). The van der Waals surface area contributed by atoms with Crippen LogP contribution in [0.25, 0.3) is 6.08 Å². The van der Waals surface area contributed by atoms with E-state index in [9.17, 15) is 9.59 Å². The highest BCUT2D eigenvalue weighted by atomic mass is 35.5. The maximum Gasteiger partial charge on any atom is 0.270 e. The van der Waals surface area contributed by atoms with E-state index < -0.39 is 11.8 Å². The molecule has 0 unspecified atom stereocenters. The summed E-state index contributed by atoms with van der Waals surface area (Å²) in [7, 11) is 0. The van der Waals surface area contributed by atoms with Crippen molar-refractivity contribution in [2.75, 3.05) is 16.4 Å². The van der Waals surface area contributed by atoms with Gasteiger partial charge in [0.15, 0.2) is 5.11 Å². The van der Waals surface area contributed by atoms with Gasteiger partial charge in [0.2, 0.25) is 0 Å². The van der Waals surface area contributed by atoms with Gasteiger partial charge in [0, 0.05) is 0 Å². The number of amides is 2. The Labute approximate surface area is 209 Å². The van der Waals surface area contributed by atoms with Crippen molar-refractivity contribution in [3.8, 4) is 5.75 Å². The summed E-state index contributed by atoms with van der Waals surface area (Å²) in [5.41, 5.74) is 3.87. The maximum absolute atomic E-state index is 13.6. The van der Waals surface area contributed by atoms with Gasteiger partial charge in [-0.2, -0.15) is 0 Å². The first-order chi connectivity index (χ1) is 16.3. The monoisotopic (exact) mass is 490 g/mol. The molecule has 1 heterocycles. The van der Waals surface area contributed by atoms with E-state index in [-0.39, 0.29) is 10.7 Å². The van der Waals surface area contributed by atoms with E-state index in [0.29, 0.717) is 34.3 Å². The minimum Gasteiger partial charge on any atom is -0.492 e. The van der Waals surface area contributed by atoms with E-state index in [0.717, 1.165) is 11.1 Å². The molecule has 3 aromatic rings. The smallest absolute Gasteiger partial charge is 0.270 e. The molecule has 0 radical (unpaired) electrons. The highest BCUT2D eigenvalue weighted by Crippen LogP contribution is 2.32. The predicted octanol–water partition coefficient (Wildman–Crippen LogP) is 6.10. The Hall–Kier alpha value is -3.48. The van der Waals surface area contributed by atoms with Gasteiger partial charge >= 0.3 is 0 Å². The quantitative estimate of drug-likeness (QED) is 0.246. The third kappa shape index (κ3) is 4.47. The number of rotatable bonds is 5. The Bertz CT molecular complexity index is 1320. The molecule has 0 spiro atoms. The Balaban J connectivity index is 1.85. The molecule has 0 atom stereocenters. The Morgan fingerprint density at radius 2 is 1.56 bits per heavy atom. The fraction of sp³-hybridized carbons (Fsp3) is 0.148. The first-order valence-corrected chi connectivity index (χ1v) is 11.6. The van der Waals surface area contributed by atoms with Gasteiger partial charge < -0.3 is 4.74 Å². The Morgan fingerprint density at radius 3 is 2.18 bits per heavy atom. The number of anilines is 2. The molecule has 0 bridgehead atoms. The van der Waals surface area contributed by atoms with E-state index in [4.69, 9.17) is 28.6 Å². The van der Waals surface area contributed by atoms with Crippen LogP contribution in [-0.2, 0) is 9.59 Å². The second-order valence-electron chi connectivity index (χ2n) is 7.85. The molecule has 0 N–H and O–H groups in total. The van der Waals surface area contributed by atoms with Crippen LogP contribution in [0.5, 0.6) is 5.75 Å². The molecule has 34 heavy (non-hydrogen) atoms. The number of nitrogens with zero attached hydrogens (tertiary/aromatic N) is 2. The summed E-state index contributed by atoms with van der Waals surface area (Å²) >= 11 is 12.0. The molecule has 1 saturated heterocycles. The normalized spacial score (nSPS) is 15.3. The highest BCUT2D eigenvalue weighted by molar-refractivity contribution is 7.81. The van der Waals surface area contributed by atoms with Gasteiger partial charge in [-0.3, -0.25) is 19.4 Å². The number of benzene rings is 3. The van der Waals surface area contributed by atoms with Crippen LogP contribution in [0.15, 0.2) is 72.3 Å². The number of halogens is 1. The molecule has 7 heteroatoms. The third-order valence-electron chi connectivity index (χ3n) is 5.58. The summed E-state index contributed by atoms with van der Waals surface area (Å²) < 4.78 is 5.49. The Morgan fingerprint density at radius 1 is 0.882 bits per heavy atom. The largest absolute Gasteiger partial charge is 0.492 e. The van der Waals surface area contributed by atoms with Crippen LogP contribution in [0.3, 0.4) is 0 Å². The number of ether oxygens (including phenoxy) is 1. The van der Waals surface area contributed by atoms with Gasteiger partial charge in [-0.15, -0.1) is 0 Å². The predicted molar refractivity (Wildman–Crippen MR) is 141 cm³/mol. The average Bonchev–Trinajstić information content (AvgIpc) is 2.81. The van der Waals surface area contributed by atoms with Gasteiger partial charge in [0.1, 0.15) is 11.3 Å². The van der Waals surface area contributed by atoms with E-state index in [1.807, 2.05) is 57.2 Å². The lowest BCUT2D eigenvalue weighted by Gasteiger charge is -2.36. The fourth-order valence-electron chi connectivity index (χ4n) is 3.67. The zero-order valence-electron chi connectivity index (χ0n) is 19.0. The lowest BCUT2D eigenvalue weighted by atomic mass is 10.0. The van der Waals surface area contributed by atoms with Crippen molar-refractivity contribution in [1.29, 1.82) is 0 Å². The van der Waals surface area contributed by atoms with Crippen molar-refractivity contribution < 1.29 is 14.3 Å². The van der Waals surface area contributed by atoms with E-state index in [1.165, 1.54) is 15.9 Å². The number of carbonyl (C=O) groups excluding carboxylic acids is 2. The number of thiocarbonyl (C=S) groups is 1. The fourth-order valence-corrected chi connectivity index (χ4v) is 4.29. The van der Waals surface area contributed by atoms with Crippen LogP contribution in [0.4, 0.5) is 11.4 Å². The summed E-state index contributed by atoms with van der Waals surface area (Å²) in [5, 5.41) is 0.500. The summed E-state index contributed by atoms with van der Waals surface area (Å²) in [4.78, 5) is 30.0. The zero-order chi connectivity index (χ0) is 24.4. The van der Waals surface area contributed by atoms with Gasteiger partial charge in [0.25, 0.3) is 11.8 Å². The molecule has 0 aromatic heterocycles. The van der Waals surface area contributed by atoms with Crippen LogP contribution in [-0.4, -0.2) is 23.5 Å². The van der Waals surface area contributed by atoms with Crippen LogP contribution in [0, 0.1) is 13.8 Å². The van der Waals surface area contributed by atoms with Crippen LogP contribution in [0.1, 0.15) is 23.6 Å². The second-order valence-corrected chi connectivity index (χ2v) is 8.62. The number of para-hydroxylation sites is 1. The SMILES string of the molecule is CCOc1ccc(/C=C2/C(=O)N(c3ccccc3)C(=S)N(c3ccc(C)c(C)c3)C2=O)cc1Cl. The molecule has 0 aliphatic carbocycles. The topological polar surface area (TPSA) is 49.9 Å². The molecule has 0 saturated carbocycles. The van der Waals surface area contributed by atoms with Crippen molar-refractivity contribution in [3.05, 3.63) is 94.0 Å². The van der Waals surface area contributed by atoms with Crippen molar-refractivity contribution in [3.63, 3.8) is 0 Å². The maximum atomic E-state index is 13.6. The van der Waals surface area contributed by atoms with Crippen molar-refractivity contribution in [1.82, 2.24) is 0 Å². The molecule has 1 aliphatic heterocycles. The van der Waals surface area contributed by atoms with Crippen LogP contribution < -0.4 is 14.5 Å². The Kier molecular flexibility index (Phi) is 6.82. The summed E-state index contributed by atoms with van der Waals surface area (Å²) in [6.07, 6.45) is 1.54. The van der Waals surface area contributed by atoms with Gasteiger partial charge in [-0.1, -0.05) is 41.9 Å². The lowest BCUT2D eigenvalue weighted by molar-refractivity contribution is -0.120. The van der Waals surface area contributed by atoms with Crippen LogP contribution >= 0.6 is 23.8 Å². The second kappa shape index (κ2) is 9.79. The van der Waals surface area contributed by atoms with Crippen molar-refractivity contribution in [2.45, 2.75) is 20.8 Å². The molecule has 5 nitrogen and oxygen atoms in total. The number of hydrogen-bond donors (Lipinski definition) is 0. The summed E-state index contributed by atoms with van der Waals surface area (Å²) in [6, 6.07) is 19.8. The standard InChI is InChI=1S/C27H23ClN2O3S/c1-4-33-24-13-11-19(16-23(24)28)15-22-25(31)29(20-8-6-5-7-9-20)27(34)30(26(22)32)21-12-10-17(2)18(3)14-21/h5-16H,4H2,1-3H3/b22-15-. The minimum atomic E-state index is -0.494. The van der Waals surface area contributed by atoms with E-state index in [2.05, 4.69) is 0 Å². The molecular weight excluding hydrogens is 468 g/mol. The summed E-state index contributed by atoms with van der Waals surface area (Å²) in [5.74, 6) is -0.446. The van der Waals surface area contributed by atoms with Crippen molar-refractivity contribution >= 4 is 58.2 Å². The number of carbonyl (C=O) groups is 2. The zero-order valence-corrected chi connectivity index (χ0v) is 20.6. The molecule has 1 fully saturated rings. The minimum absolute atomic E-state index is 0.0177. The van der Waals surface area contributed by atoms with Gasteiger partial charge in [0.05, 0.1) is 23.0 Å². The first-order valence-electron chi connectivity index (χ1n) is 10.8.